The van der Waals surface area contributed by atoms with Crippen molar-refractivity contribution in [2.24, 2.45) is 5.92 Å². The molecule has 0 aliphatic heterocycles. The average molecular weight is 221 g/mol. The highest BCUT2D eigenvalue weighted by atomic mass is 16.5. The van der Waals surface area contributed by atoms with E-state index in [1.54, 1.807) is 12.1 Å². The zero-order valence-corrected chi connectivity index (χ0v) is 9.18. The van der Waals surface area contributed by atoms with Crippen molar-refractivity contribution in [3.8, 4) is 17.6 Å². The summed E-state index contributed by atoms with van der Waals surface area (Å²) in [6.45, 7) is 2.14. The molecule has 0 bridgehead atoms. The highest BCUT2D eigenvalue weighted by Gasteiger charge is 2.09. The van der Waals surface area contributed by atoms with E-state index in [0.717, 1.165) is 5.56 Å². The summed E-state index contributed by atoms with van der Waals surface area (Å²) in [6.07, 6.45) is 0.452. The van der Waals surface area contributed by atoms with Gasteiger partial charge in [-0.3, -0.25) is 0 Å². The molecule has 0 aliphatic rings. The van der Waals surface area contributed by atoms with E-state index >= 15 is 0 Å². The summed E-state index contributed by atoms with van der Waals surface area (Å²) in [4.78, 5) is 0. The Morgan fingerprint density at radius 1 is 1.50 bits per heavy atom. The molecule has 0 amide bonds. The molecule has 0 heterocycles. The maximum atomic E-state index is 9.48. The first-order valence-corrected chi connectivity index (χ1v) is 5.16. The fourth-order valence-electron chi connectivity index (χ4n) is 1.39. The summed E-state index contributed by atoms with van der Waals surface area (Å²) >= 11 is 0. The number of nitrogens with zero attached hydrogens (tertiary/aromatic N) is 1. The predicted molar refractivity (Wildman–Crippen MR) is 59.2 cm³/mol. The smallest absolute Gasteiger partial charge is 0.161 e. The van der Waals surface area contributed by atoms with Crippen LogP contribution >= 0.6 is 0 Å². The van der Waals surface area contributed by atoms with Crippen molar-refractivity contribution in [2.45, 2.75) is 13.3 Å². The van der Waals surface area contributed by atoms with Gasteiger partial charge >= 0.3 is 0 Å². The molecule has 4 heteroatoms. The van der Waals surface area contributed by atoms with Gasteiger partial charge in [0.15, 0.2) is 11.5 Å². The van der Waals surface area contributed by atoms with Crippen LogP contribution in [0.1, 0.15) is 12.5 Å². The SMILES string of the molecule is CCOc1cc(CC(C#N)CO)ccc1O. The summed E-state index contributed by atoms with van der Waals surface area (Å²) in [5, 5.41) is 27.1. The molecular formula is C12H15NO3. The first-order valence-electron chi connectivity index (χ1n) is 5.16. The molecule has 0 spiro atoms. The third-order valence-electron chi connectivity index (χ3n) is 2.21. The van der Waals surface area contributed by atoms with E-state index in [2.05, 4.69) is 0 Å². The summed E-state index contributed by atoms with van der Waals surface area (Å²) < 4.78 is 5.23. The molecule has 2 N–H and O–H groups in total. The van der Waals surface area contributed by atoms with Crippen LogP contribution in [0.2, 0.25) is 0 Å². The lowest BCUT2D eigenvalue weighted by Crippen LogP contribution is -2.06. The highest BCUT2D eigenvalue weighted by molar-refractivity contribution is 5.42. The number of aliphatic hydroxyl groups is 1. The number of hydrogen-bond donors (Lipinski definition) is 2. The molecule has 1 aromatic rings. The number of ether oxygens (including phenoxy) is 1. The molecule has 0 aliphatic carbocycles. The number of rotatable bonds is 5. The molecule has 1 atom stereocenters. The molecule has 16 heavy (non-hydrogen) atoms. The number of aromatic hydroxyl groups is 1. The quantitative estimate of drug-likeness (QED) is 0.789. The van der Waals surface area contributed by atoms with E-state index in [0.29, 0.717) is 18.8 Å². The van der Waals surface area contributed by atoms with E-state index in [-0.39, 0.29) is 12.4 Å². The van der Waals surface area contributed by atoms with Gasteiger partial charge in [0.1, 0.15) is 0 Å². The van der Waals surface area contributed by atoms with Crippen LogP contribution in [0, 0.1) is 17.2 Å². The van der Waals surface area contributed by atoms with Crippen LogP contribution in [-0.2, 0) is 6.42 Å². The first kappa shape index (κ1) is 12.3. The van der Waals surface area contributed by atoms with Crippen LogP contribution in [0.25, 0.3) is 0 Å². The van der Waals surface area contributed by atoms with Gasteiger partial charge in [-0.25, -0.2) is 0 Å². The van der Waals surface area contributed by atoms with Crippen LogP contribution in [-0.4, -0.2) is 23.4 Å². The van der Waals surface area contributed by atoms with Gasteiger partial charge < -0.3 is 14.9 Å². The molecule has 1 aromatic carbocycles. The van der Waals surface area contributed by atoms with Crippen molar-refractivity contribution in [1.29, 1.82) is 5.26 Å². The monoisotopic (exact) mass is 221 g/mol. The molecule has 86 valence electrons. The molecular weight excluding hydrogens is 206 g/mol. The number of aliphatic hydroxyl groups excluding tert-OH is 1. The van der Waals surface area contributed by atoms with Crippen molar-refractivity contribution in [2.75, 3.05) is 13.2 Å². The Kier molecular flexibility index (Phi) is 4.62. The lowest BCUT2D eigenvalue weighted by molar-refractivity contribution is 0.255. The van der Waals surface area contributed by atoms with Crippen molar-refractivity contribution in [3.05, 3.63) is 23.8 Å². The molecule has 0 saturated carbocycles. The Labute approximate surface area is 94.7 Å². The third-order valence-corrected chi connectivity index (χ3v) is 2.21. The Morgan fingerprint density at radius 3 is 2.81 bits per heavy atom. The largest absolute Gasteiger partial charge is 0.504 e. The second-order valence-corrected chi connectivity index (χ2v) is 3.45. The van der Waals surface area contributed by atoms with Crippen LogP contribution in [0.5, 0.6) is 11.5 Å². The minimum absolute atomic E-state index is 0.0862. The summed E-state index contributed by atoms with van der Waals surface area (Å²) in [5.74, 6) is 0.0803. The maximum Gasteiger partial charge on any atom is 0.161 e. The standard InChI is InChI=1S/C12H15NO3/c1-2-16-12-6-9(3-4-11(12)15)5-10(7-13)8-14/h3-4,6,10,14-15H,2,5,8H2,1H3. The van der Waals surface area contributed by atoms with Gasteiger partial charge in [0.25, 0.3) is 0 Å². The second-order valence-electron chi connectivity index (χ2n) is 3.45. The second kappa shape index (κ2) is 5.99. The van der Waals surface area contributed by atoms with Gasteiger partial charge in [-0.1, -0.05) is 6.07 Å². The summed E-state index contributed by atoms with van der Waals surface area (Å²) in [5.41, 5.74) is 0.863. The van der Waals surface area contributed by atoms with Gasteiger partial charge in [0.05, 0.1) is 25.2 Å². The van der Waals surface area contributed by atoms with Crippen LogP contribution in [0.4, 0.5) is 0 Å². The molecule has 1 unspecified atom stereocenters. The molecule has 4 nitrogen and oxygen atoms in total. The van der Waals surface area contributed by atoms with E-state index in [4.69, 9.17) is 15.1 Å². The van der Waals surface area contributed by atoms with Gasteiger partial charge in [-0.15, -0.1) is 0 Å². The highest BCUT2D eigenvalue weighted by Crippen LogP contribution is 2.27. The molecule has 0 aromatic heterocycles. The fraction of sp³-hybridized carbons (Fsp3) is 0.417. The zero-order valence-electron chi connectivity index (χ0n) is 9.18. The number of phenolic OH excluding ortho intramolecular Hbond substituents is 1. The van der Waals surface area contributed by atoms with E-state index in [1.165, 1.54) is 6.07 Å². The van der Waals surface area contributed by atoms with Crippen molar-refractivity contribution in [3.63, 3.8) is 0 Å². The minimum atomic E-state index is -0.418. The van der Waals surface area contributed by atoms with Gasteiger partial charge in [0, 0.05) is 0 Å². The van der Waals surface area contributed by atoms with E-state index in [1.807, 2.05) is 13.0 Å². The summed E-state index contributed by atoms with van der Waals surface area (Å²) in [6, 6.07) is 6.96. The number of benzene rings is 1. The van der Waals surface area contributed by atoms with Crippen LogP contribution in [0.15, 0.2) is 18.2 Å². The molecule has 0 fully saturated rings. The van der Waals surface area contributed by atoms with Crippen molar-refractivity contribution in [1.82, 2.24) is 0 Å². The lowest BCUT2D eigenvalue weighted by atomic mass is 10.0. The number of hydrogen-bond acceptors (Lipinski definition) is 4. The Hall–Kier alpha value is -1.73. The summed E-state index contributed by atoms with van der Waals surface area (Å²) in [7, 11) is 0. The van der Waals surface area contributed by atoms with E-state index in [9.17, 15) is 5.11 Å². The lowest BCUT2D eigenvalue weighted by Gasteiger charge is -2.09. The van der Waals surface area contributed by atoms with Crippen LogP contribution < -0.4 is 4.74 Å². The Balaban J connectivity index is 2.82. The normalized spacial score (nSPS) is 11.8. The molecule has 1 rings (SSSR count). The van der Waals surface area contributed by atoms with Gasteiger partial charge in [-0.05, 0) is 31.0 Å². The Bertz CT molecular complexity index is 384. The topological polar surface area (TPSA) is 73.5 Å². The first-order chi connectivity index (χ1) is 7.71. The number of phenols is 1. The van der Waals surface area contributed by atoms with E-state index < -0.39 is 5.92 Å². The third kappa shape index (κ3) is 3.14. The van der Waals surface area contributed by atoms with Gasteiger partial charge in [0.2, 0.25) is 0 Å². The van der Waals surface area contributed by atoms with Crippen molar-refractivity contribution < 1.29 is 14.9 Å². The Morgan fingerprint density at radius 2 is 2.25 bits per heavy atom. The predicted octanol–water partition coefficient (Wildman–Crippen LogP) is 1.47. The maximum absolute atomic E-state index is 9.48. The average Bonchev–Trinajstić information content (AvgIpc) is 2.30. The zero-order chi connectivity index (χ0) is 12.0. The van der Waals surface area contributed by atoms with Gasteiger partial charge in [-0.2, -0.15) is 5.26 Å². The van der Waals surface area contributed by atoms with Crippen molar-refractivity contribution >= 4 is 0 Å². The van der Waals surface area contributed by atoms with Crippen LogP contribution in [0.3, 0.4) is 0 Å². The molecule has 0 saturated heterocycles. The number of nitriles is 1. The fourth-order valence-corrected chi connectivity index (χ4v) is 1.39. The molecule has 0 radical (unpaired) electrons. The minimum Gasteiger partial charge on any atom is -0.504 e.